The van der Waals surface area contributed by atoms with Crippen molar-refractivity contribution in [3.05, 3.63) is 58.5 Å². The quantitative estimate of drug-likeness (QED) is 0.271. The highest BCUT2D eigenvalue weighted by Gasteiger charge is 2.31. The first-order chi connectivity index (χ1) is 16.2. The monoisotopic (exact) mass is 503 g/mol. The summed E-state index contributed by atoms with van der Waals surface area (Å²) in [4.78, 5) is 25.8. The number of carbonyl (C=O) groups excluding carboxylic acids is 1. The van der Waals surface area contributed by atoms with Crippen LogP contribution in [0.4, 0.5) is 24.3 Å². The maximum Gasteiger partial charge on any atom is 0.573 e. The maximum absolute atomic E-state index is 12.6. The topological polar surface area (TPSA) is 81.9 Å². The van der Waals surface area contributed by atoms with Crippen molar-refractivity contribution in [1.82, 2.24) is 19.5 Å². The van der Waals surface area contributed by atoms with Gasteiger partial charge in [0.25, 0.3) is 0 Å². The molecule has 0 radical (unpaired) electrons. The molecule has 0 unspecified atom stereocenters. The molecule has 0 amide bonds. The smallest absolute Gasteiger partial charge is 0.406 e. The summed E-state index contributed by atoms with van der Waals surface area (Å²) in [7, 11) is 1.82. The Morgan fingerprint density at radius 3 is 2.76 bits per heavy atom. The van der Waals surface area contributed by atoms with Gasteiger partial charge in [0.1, 0.15) is 5.75 Å². The van der Waals surface area contributed by atoms with E-state index in [4.69, 9.17) is 0 Å². The Bertz CT molecular complexity index is 1490. The maximum atomic E-state index is 12.6. The van der Waals surface area contributed by atoms with Crippen LogP contribution in [0.5, 0.6) is 5.75 Å². The van der Waals surface area contributed by atoms with Crippen molar-refractivity contribution in [3.8, 4) is 5.75 Å². The summed E-state index contributed by atoms with van der Waals surface area (Å²) >= 11 is 2.71. The fourth-order valence-electron chi connectivity index (χ4n) is 3.48. The number of Topliss-reactive ketones (excluding diaryl/α,β-unsaturated/α-hetero) is 1. The van der Waals surface area contributed by atoms with Gasteiger partial charge in [-0.15, -0.1) is 24.5 Å². The van der Waals surface area contributed by atoms with E-state index in [1.165, 1.54) is 40.9 Å². The number of nitrogens with one attached hydrogen (secondary N) is 1. The molecule has 0 aliphatic carbocycles. The van der Waals surface area contributed by atoms with Gasteiger partial charge in [-0.3, -0.25) is 4.79 Å². The minimum absolute atomic E-state index is 0.0142. The molecule has 2 aromatic carbocycles. The lowest BCUT2D eigenvalue weighted by Gasteiger charge is -2.07. The van der Waals surface area contributed by atoms with Gasteiger partial charge in [-0.25, -0.2) is 15.0 Å². The average Bonchev–Trinajstić information content (AvgIpc) is 3.50. The molecule has 0 bridgehead atoms. The van der Waals surface area contributed by atoms with E-state index in [9.17, 15) is 18.0 Å². The summed E-state index contributed by atoms with van der Waals surface area (Å²) < 4.78 is 43.8. The number of nitrogens with zero attached hydrogens (tertiary/aromatic N) is 4. The summed E-state index contributed by atoms with van der Waals surface area (Å²) in [6.45, 7) is 0. The number of hydrogen-bond acceptors (Lipinski definition) is 8. The van der Waals surface area contributed by atoms with Crippen molar-refractivity contribution in [3.63, 3.8) is 0 Å². The average molecular weight is 504 g/mol. The standard InChI is InChI=1S/C22H16F3N5O2S2/c1-30-16-5-2-12(17(31)6-7-19-26-8-9-33-19)10-15(16)27-20(30)29-21-28-14-4-3-13(11-18(14)34-21)32-22(23,24)25/h2-5,8-11H,6-7H2,1H3,(H,27,28,29). The Hall–Kier alpha value is -3.51. The van der Waals surface area contributed by atoms with E-state index in [-0.39, 0.29) is 11.5 Å². The summed E-state index contributed by atoms with van der Waals surface area (Å²) in [6.07, 6.45) is -2.08. The normalized spacial score (nSPS) is 11.9. The highest BCUT2D eigenvalue weighted by Crippen LogP contribution is 2.33. The number of ether oxygens (including phenoxy) is 1. The third-order valence-electron chi connectivity index (χ3n) is 5.06. The van der Waals surface area contributed by atoms with Crippen LogP contribution in [0.25, 0.3) is 21.3 Å². The number of alkyl halides is 3. The largest absolute Gasteiger partial charge is 0.573 e. The zero-order valence-electron chi connectivity index (χ0n) is 17.6. The molecule has 1 N–H and O–H groups in total. The van der Waals surface area contributed by atoms with E-state index in [1.54, 1.807) is 18.3 Å². The minimum atomic E-state index is -4.76. The van der Waals surface area contributed by atoms with Crippen molar-refractivity contribution in [2.45, 2.75) is 19.2 Å². The van der Waals surface area contributed by atoms with Crippen molar-refractivity contribution in [2.24, 2.45) is 7.05 Å². The predicted octanol–water partition coefficient (Wildman–Crippen LogP) is 6.10. The number of aromatic nitrogens is 4. The summed E-state index contributed by atoms with van der Waals surface area (Å²) in [5, 5.41) is 6.39. The fourth-order valence-corrected chi connectivity index (χ4v) is 4.99. The lowest BCUT2D eigenvalue weighted by atomic mass is 10.1. The number of imidazole rings is 1. The van der Waals surface area contributed by atoms with E-state index < -0.39 is 6.36 Å². The van der Waals surface area contributed by atoms with E-state index in [1.807, 2.05) is 23.1 Å². The molecule has 0 saturated carbocycles. The zero-order chi connectivity index (χ0) is 23.9. The molecule has 0 aliphatic heterocycles. The van der Waals surface area contributed by atoms with Crippen LogP contribution in [-0.2, 0) is 13.5 Å². The van der Waals surface area contributed by atoms with Crippen molar-refractivity contribution >= 4 is 60.8 Å². The van der Waals surface area contributed by atoms with Gasteiger partial charge in [-0.2, -0.15) is 0 Å². The Labute approximate surface area is 198 Å². The molecule has 0 aliphatic rings. The number of rotatable bonds is 7. The molecule has 5 rings (SSSR count). The highest BCUT2D eigenvalue weighted by molar-refractivity contribution is 7.22. The van der Waals surface area contributed by atoms with Crippen LogP contribution in [0.3, 0.4) is 0 Å². The first-order valence-electron chi connectivity index (χ1n) is 10.1. The van der Waals surface area contributed by atoms with Gasteiger partial charge in [0.05, 0.1) is 26.3 Å². The summed E-state index contributed by atoms with van der Waals surface area (Å²) in [5.74, 6) is 0.207. The molecule has 12 heteroatoms. The van der Waals surface area contributed by atoms with Crippen molar-refractivity contribution < 1.29 is 22.7 Å². The first kappa shape index (κ1) is 22.3. The lowest BCUT2D eigenvalue weighted by Crippen LogP contribution is -2.16. The lowest BCUT2D eigenvalue weighted by molar-refractivity contribution is -0.274. The molecule has 34 heavy (non-hydrogen) atoms. The van der Waals surface area contributed by atoms with Gasteiger partial charge in [0, 0.05) is 43.1 Å². The van der Waals surface area contributed by atoms with Gasteiger partial charge in [-0.05, 0) is 30.3 Å². The molecule has 5 aromatic rings. The number of hydrogen-bond donors (Lipinski definition) is 1. The molecular formula is C22H16F3N5O2S2. The summed E-state index contributed by atoms with van der Waals surface area (Å²) in [5.41, 5.74) is 2.58. The highest BCUT2D eigenvalue weighted by atomic mass is 32.1. The van der Waals surface area contributed by atoms with Crippen molar-refractivity contribution in [2.75, 3.05) is 5.32 Å². The molecule has 0 saturated heterocycles. The van der Waals surface area contributed by atoms with Crippen LogP contribution < -0.4 is 10.1 Å². The van der Waals surface area contributed by atoms with Crippen LogP contribution in [0.15, 0.2) is 48.0 Å². The first-order valence-corrected chi connectivity index (χ1v) is 11.8. The Morgan fingerprint density at radius 1 is 1.15 bits per heavy atom. The van der Waals surface area contributed by atoms with E-state index in [2.05, 4.69) is 25.0 Å². The number of halogens is 3. The molecular weight excluding hydrogens is 487 g/mol. The van der Waals surface area contributed by atoms with Gasteiger partial charge in [-0.1, -0.05) is 11.3 Å². The number of carbonyl (C=O) groups is 1. The second-order valence-electron chi connectivity index (χ2n) is 7.37. The second kappa shape index (κ2) is 8.69. The van der Waals surface area contributed by atoms with Crippen LogP contribution in [-0.4, -0.2) is 31.7 Å². The van der Waals surface area contributed by atoms with E-state index >= 15 is 0 Å². The molecule has 0 atom stereocenters. The number of benzene rings is 2. The third-order valence-corrected chi connectivity index (χ3v) is 6.84. The number of thiazole rings is 2. The predicted molar refractivity (Wildman–Crippen MR) is 125 cm³/mol. The molecule has 174 valence electrons. The van der Waals surface area contributed by atoms with E-state index in [0.717, 1.165) is 10.5 Å². The van der Waals surface area contributed by atoms with Gasteiger partial charge < -0.3 is 14.6 Å². The number of ketones is 1. The van der Waals surface area contributed by atoms with Gasteiger partial charge in [0.15, 0.2) is 10.9 Å². The fraction of sp³-hybridized carbons (Fsp3) is 0.182. The molecule has 7 nitrogen and oxygen atoms in total. The number of fused-ring (bicyclic) bond motifs is 2. The van der Waals surface area contributed by atoms with Crippen molar-refractivity contribution in [1.29, 1.82) is 0 Å². The Morgan fingerprint density at radius 2 is 2.00 bits per heavy atom. The third kappa shape index (κ3) is 4.73. The molecule has 3 aromatic heterocycles. The van der Waals surface area contributed by atoms with Crippen LogP contribution in [0, 0.1) is 0 Å². The summed E-state index contributed by atoms with van der Waals surface area (Å²) in [6, 6.07) is 9.35. The van der Waals surface area contributed by atoms with Crippen LogP contribution >= 0.6 is 22.7 Å². The van der Waals surface area contributed by atoms with Crippen LogP contribution in [0.2, 0.25) is 0 Å². The number of aryl methyl sites for hydroxylation is 2. The Balaban J connectivity index is 1.35. The minimum Gasteiger partial charge on any atom is -0.406 e. The van der Waals surface area contributed by atoms with Gasteiger partial charge in [0.2, 0.25) is 5.95 Å². The SMILES string of the molecule is Cn1c(Nc2nc3ccc(OC(F)(F)F)cc3s2)nc2cc(C(=O)CCc3nccs3)ccc21. The Kier molecular flexibility index (Phi) is 5.70. The molecule has 3 heterocycles. The second-order valence-corrected chi connectivity index (χ2v) is 9.38. The number of anilines is 2. The van der Waals surface area contributed by atoms with Gasteiger partial charge >= 0.3 is 6.36 Å². The van der Waals surface area contributed by atoms with Crippen LogP contribution in [0.1, 0.15) is 21.8 Å². The zero-order valence-corrected chi connectivity index (χ0v) is 19.2. The molecule has 0 fully saturated rings. The molecule has 0 spiro atoms. The van der Waals surface area contributed by atoms with E-state index in [0.29, 0.717) is 45.2 Å².